The van der Waals surface area contributed by atoms with Crippen LogP contribution in [0.4, 0.5) is 0 Å². The first kappa shape index (κ1) is 65.7. The molecule has 0 spiro atoms. The van der Waals surface area contributed by atoms with E-state index in [1.165, 1.54) is 175 Å². The zero-order chi connectivity index (χ0) is 58.7. The molecule has 0 aliphatic rings. The molecule has 6 atom stereocenters. The van der Waals surface area contributed by atoms with Crippen molar-refractivity contribution in [1.82, 2.24) is 19.9 Å². The Balaban J connectivity index is 1.60. The van der Waals surface area contributed by atoms with E-state index in [0.717, 1.165) is 113 Å². The second-order valence-corrected chi connectivity index (χ2v) is 27.7. The molecule has 0 aliphatic heterocycles. The van der Waals surface area contributed by atoms with Crippen molar-refractivity contribution in [3.63, 3.8) is 0 Å². The van der Waals surface area contributed by atoms with Gasteiger partial charge in [0.15, 0.2) is 0 Å². The van der Waals surface area contributed by atoms with Gasteiger partial charge >= 0.3 is 0 Å². The molecule has 6 nitrogen and oxygen atoms in total. The van der Waals surface area contributed by atoms with Crippen LogP contribution >= 0.6 is 22.7 Å². The molecule has 4 heterocycles. The van der Waals surface area contributed by atoms with Gasteiger partial charge in [-0.05, 0) is 118 Å². The molecule has 82 heavy (non-hydrogen) atoms. The van der Waals surface area contributed by atoms with E-state index in [9.17, 15) is 0 Å². The summed E-state index contributed by atoms with van der Waals surface area (Å²) in [5.74, 6) is 5.34. The Bertz CT molecular complexity index is 3000. The molecule has 0 fully saturated rings. The summed E-state index contributed by atoms with van der Waals surface area (Å²) in [7, 11) is 0. The fourth-order valence-electron chi connectivity index (χ4n) is 13.0. The largest absolute Gasteiger partial charge is 0.491 e. The number of nitrogens with zero attached hydrogens (tertiary/aromatic N) is 4. The molecule has 0 bridgehead atoms. The minimum atomic E-state index is 0.501. The van der Waals surface area contributed by atoms with Crippen LogP contribution in [-0.4, -0.2) is 33.1 Å². The third-order valence-corrected chi connectivity index (χ3v) is 21.3. The molecule has 0 N–H and O–H groups in total. The van der Waals surface area contributed by atoms with Gasteiger partial charge in [-0.3, -0.25) is 0 Å². The third-order valence-electron chi connectivity index (χ3n) is 19.0. The highest BCUT2D eigenvalue weighted by molar-refractivity contribution is 7.23. The van der Waals surface area contributed by atoms with Crippen molar-refractivity contribution >= 4 is 75.7 Å². The Labute approximate surface area is 507 Å². The highest BCUT2D eigenvalue weighted by atomic mass is 32.1. The van der Waals surface area contributed by atoms with Gasteiger partial charge in [-0.25, -0.2) is 19.9 Å². The van der Waals surface area contributed by atoms with Crippen LogP contribution in [0.25, 0.3) is 63.5 Å². The maximum atomic E-state index is 7.29. The average Bonchev–Trinajstić information content (AvgIpc) is 4.28. The smallest absolute Gasteiger partial charge is 0.146 e. The molecule has 7 aromatic rings. The third kappa shape index (κ3) is 16.3. The van der Waals surface area contributed by atoms with Crippen LogP contribution < -0.4 is 9.47 Å². The molecule has 452 valence electrons. The van der Waals surface area contributed by atoms with Crippen molar-refractivity contribution in [3.05, 3.63) is 57.5 Å². The lowest BCUT2D eigenvalue weighted by atomic mass is 9.89. The second kappa shape index (κ2) is 33.1. The predicted molar refractivity (Wildman–Crippen MR) is 361 cm³/mol. The quantitative estimate of drug-likeness (QED) is 0.0358. The fraction of sp³-hybridized carbons (Fsp3) is 0.676. The summed E-state index contributed by atoms with van der Waals surface area (Å²) in [6, 6.07) is 9.74. The monoisotopic (exact) mass is 1150 g/mol. The van der Waals surface area contributed by atoms with Crippen molar-refractivity contribution in [2.45, 2.75) is 277 Å². The molecule has 0 radical (unpaired) electrons. The SMILES string of the molecule is CCCCC(CC)COc1c2cc(-c3cc4c(cc(C)c5nc(CC(CC)CCCC)c(CC(CC)CCCC)nc54)c4nc(CC(CC)CCCC)c(CC(CC)CCCC)nc34)sc2c(OCC(CC)CCCC)c2cc(C)sc12. The molecular weight excluding hydrogens is 1040 g/mol. The highest BCUT2D eigenvalue weighted by Crippen LogP contribution is 2.53. The minimum absolute atomic E-state index is 0.501. The lowest BCUT2D eigenvalue weighted by Crippen LogP contribution is -2.14. The molecule has 7 rings (SSSR count). The van der Waals surface area contributed by atoms with Gasteiger partial charge in [0.2, 0.25) is 0 Å². The standard InChI is InChI=1S/C74H112N4O2S2/c1-15-27-33-51(21-7)41-62-63(42-52(22-8)34-28-16-2)76-68-58-45-59(70-69(57(58)39-49(13)67(68)75-62)77-64(43-53(23-9)35-29-17-3)65(78-70)44-54(24-10)36-30-18-4)66-46-61-72(80-48-56(26-12)38-32-20-6)73-60(40-50(14)81-73)71(74(61)82-66)79-47-55(25-11)37-31-19-5/h39-40,45-46,51-56H,15-38,41-44,47-48H2,1-14H3. The Morgan fingerprint density at radius 2 is 0.707 bits per heavy atom. The molecule has 0 saturated carbocycles. The normalized spacial score (nSPS) is 14.4. The summed E-state index contributed by atoms with van der Waals surface area (Å²) in [5, 5.41) is 4.66. The molecular formula is C74H112N4O2S2. The zero-order valence-electron chi connectivity index (χ0n) is 54.4. The minimum Gasteiger partial charge on any atom is -0.491 e. The van der Waals surface area contributed by atoms with Crippen LogP contribution in [0, 0.1) is 49.4 Å². The first-order valence-electron chi connectivity index (χ1n) is 34.1. The molecule has 4 aromatic heterocycles. The summed E-state index contributed by atoms with van der Waals surface area (Å²) < 4.78 is 17.0. The molecule has 0 amide bonds. The second-order valence-electron chi connectivity index (χ2n) is 25.4. The average molecular weight is 1150 g/mol. The van der Waals surface area contributed by atoms with Gasteiger partial charge in [0.1, 0.15) is 11.5 Å². The van der Waals surface area contributed by atoms with Gasteiger partial charge in [0.05, 0.1) is 67.5 Å². The van der Waals surface area contributed by atoms with E-state index in [2.05, 4.69) is 121 Å². The van der Waals surface area contributed by atoms with Crippen LogP contribution in [0.1, 0.15) is 270 Å². The summed E-state index contributed by atoms with van der Waals surface area (Å²) >= 11 is 3.74. The number of hydrogen-bond acceptors (Lipinski definition) is 8. The van der Waals surface area contributed by atoms with Gasteiger partial charge in [-0.1, -0.05) is 224 Å². The molecule has 8 heteroatoms. The Kier molecular flexibility index (Phi) is 26.5. The van der Waals surface area contributed by atoms with Gasteiger partial charge in [0.25, 0.3) is 0 Å². The van der Waals surface area contributed by atoms with E-state index in [4.69, 9.17) is 29.4 Å². The molecule has 0 saturated heterocycles. The van der Waals surface area contributed by atoms with Crippen molar-refractivity contribution in [2.75, 3.05) is 13.2 Å². The Morgan fingerprint density at radius 3 is 1.11 bits per heavy atom. The number of benzene rings is 3. The van der Waals surface area contributed by atoms with E-state index in [1.807, 2.05) is 22.7 Å². The van der Waals surface area contributed by atoms with E-state index in [1.54, 1.807) is 0 Å². The van der Waals surface area contributed by atoms with Gasteiger partial charge in [0, 0.05) is 36.9 Å². The van der Waals surface area contributed by atoms with Crippen LogP contribution in [0.5, 0.6) is 11.5 Å². The summed E-state index contributed by atoms with van der Waals surface area (Å²) in [5.41, 5.74) is 11.3. The number of unbranched alkanes of at least 4 members (excludes halogenated alkanes) is 6. The molecule has 6 unspecified atom stereocenters. The zero-order valence-corrected chi connectivity index (χ0v) is 56.0. The first-order chi connectivity index (χ1) is 39.9. The number of hydrogen-bond donors (Lipinski definition) is 0. The predicted octanol–water partition coefficient (Wildman–Crippen LogP) is 23.7. The maximum absolute atomic E-state index is 7.29. The van der Waals surface area contributed by atoms with E-state index in [0.29, 0.717) is 48.7 Å². The van der Waals surface area contributed by atoms with Crippen LogP contribution in [0.2, 0.25) is 0 Å². The number of thiophene rings is 2. The van der Waals surface area contributed by atoms with Crippen molar-refractivity contribution in [3.8, 4) is 21.9 Å². The van der Waals surface area contributed by atoms with Gasteiger partial charge in [-0.2, -0.15) is 0 Å². The first-order valence-corrected chi connectivity index (χ1v) is 35.8. The fourth-order valence-corrected chi connectivity index (χ4v) is 15.3. The van der Waals surface area contributed by atoms with E-state index in [-0.39, 0.29) is 0 Å². The van der Waals surface area contributed by atoms with E-state index < -0.39 is 0 Å². The van der Waals surface area contributed by atoms with Crippen LogP contribution in [0.15, 0.2) is 24.3 Å². The van der Waals surface area contributed by atoms with E-state index >= 15 is 0 Å². The topological polar surface area (TPSA) is 70.0 Å². The summed E-state index contributed by atoms with van der Waals surface area (Å²) in [4.78, 5) is 26.4. The van der Waals surface area contributed by atoms with Crippen LogP contribution in [-0.2, 0) is 25.7 Å². The van der Waals surface area contributed by atoms with Crippen molar-refractivity contribution in [2.24, 2.45) is 35.5 Å². The highest BCUT2D eigenvalue weighted by Gasteiger charge is 2.28. The number of aryl methyl sites for hydroxylation is 2. The van der Waals surface area contributed by atoms with Crippen molar-refractivity contribution in [1.29, 1.82) is 0 Å². The van der Waals surface area contributed by atoms with Crippen molar-refractivity contribution < 1.29 is 9.47 Å². The lowest BCUT2D eigenvalue weighted by molar-refractivity contribution is 0.235. The Hall–Kier alpha value is -3.88. The maximum Gasteiger partial charge on any atom is 0.146 e. The Morgan fingerprint density at radius 1 is 0.366 bits per heavy atom. The number of fused-ring (bicyclic) bond motifs is 7. The number of ether oxygens (including phenoxy) is 2. The molecule has 0 aliphatic carbocycles. The number of aromatic nitrogens is 4. The summed E-state index contributed by atoms with van der Waals surface area (Å²) in [6.07, 6.45) is 32.7. The van der Waals surface area contributed by atoms with Gasteiger partial charge in [-0.15, -0.1) is 22.7 Å². The number of rotatable bonds is 39. The van der Waals surface area contributed by atoms with Gasteiger partial charge < -0.3 is 9.47 Å². The van der Waals surface area contributed by atoms with Crippen LogP contribution in [0.3, 0.4) is 0 Å². The summed E-state index contributed by atoms with van der Waals surface area (Å²) in [6.45, 7) is 34.1. The molecule has 3 aromatic carbocycles. The lowest BCUT2D eigenvalue weighted by Gasteiger charge is -2.22.